The van der Waals surface area contributed by atoms with E-state index in [4.69, 9.17) is 9.47 Å². The van der Waals surface area contributed by atoms with E-state index in [0.717, 1.165) is 48.7 Å². The summed E-state index contributed by atoms with van der Waals surface area (Å²) in [5.41, 5.74) is 2.45. The lowest BCUT2D eigenvalue weighted by atomic mass is 10.1. The molecule has 1 aliphatic heterocycles. The minimum Gasteiger partial charge on any atom is -0.496 e. The molecule has 1 saturated heterocycles. The van der Waals surface area contributed by atoms with Crippen LogP contribution in [0.4, 0.5) is 5.69 Å². The molecule has 0 radical (unpaired) electrons. The van der Waals surface area contributed by atoms with Gasteiger partial charge in [-0.05, 0) is 30.3 Å². The van der Waals surface area contributed by atoms with Crippen LogP contribution in [-0.2, 0) is 6.54 Å². The van der Waals surface area contributed by atoms with Crippen LogP contribution >= 0.6 is 15.9 Å². The number of ether oxygens (including phenoxy) is 2. The Morgan fingerprint density at radius 3 is 2.42 bits per heavy atom. The summed E-state index contributed by atoms with van der Waals surface area (Å²) in [4.78, 5) is 4.00. The van der Waals surface area contributed by atoms with Gasteiger partial charge in [-0.25, -0.2) is 0 Å². The van der Waals surface area contributed by atoms with E-state index >= 15 is 0 Å². The van der Waals surface area contributed by atoms with E-state index in [1.54, 1.807) is 19.1 Å². The van der Waals surface area contributed by atoms with E-state index in [9.17, 15) is 0 Å². The molecule has 0 aliphatic carbocycles. The molecule has 0 spiro atoms. The van der Waals surface area contributed by atoms with Crippen molar-refractivity contribution in [3.05, 3.63) is 52.5 Å². The number of para-hydroxylation sites is 2. The van der Waals surface area contributed by atoms with Crippen molar-refractivity contribution in [2.24, 2.45) is 0 Å². The number of halogens is 1. The van der Waals surface area contributed by atoms with Gasteiger partial charge in [0.05, 0.1) is 46.1 Å². The predicted octanol–water partition coefficient (Wildman–Crippen LogP) is 2.37. The third-order valence-corrected chi connectivity index (χ3v) is 5.07. The lowest BCUT2D eigenvalue weighted by molar-refractivity contribution is -0.914. The highest BCUT2D eigenvalue weighted by Crippen LogP contribution is 2.27. The third kappa shape index (κ3) is 3.84. The lowest BCUT2D eigenvalue weighted by Gasteiger charge is -2.34. The average molecular weight is 392 g/mol. The van der Waals surface area contributed by atoms with Gasteiger partial charge >= 0.3 is 0 Å². The van der Waals surface area contributed by atoms with Crippen molar-refractivity contribution >= 4 is 21.6 Å². The number of hydrogen-bond donors (Lipinski definition) is 1. The van der Waals surface area contributed by atoms with Gasteiger partial charge in [0.1, 0.15) is 18.0 Å². The van der Waals surface area contributed by atoms with Gasteiger partial charge in [0.25, 0.3) is 0 Å². The van der Waals surface area contributed by atoms with Crippen LogP contribution in [0.25, 0.3) is 0 Å². The van der Waals surface area contributed by atoms with Crippen LogP contribution in [0.15, 0.2) is 46.9 Å². The zero-order chi connectivity index (χ0) is 16.9. The number of nitrogens with zero attached hydrogens (tertiary/aromatic N) is 1. The second-order valence-electron chi connectivity index (χ2n) is 6.04. The third-order valence-electron chi connectivity index (χ3n) is 4.58. The summed E-state index contributed by atoms with van der Waals surface area (Å²) in [6.07, 6.45) is 0. The van der Waals surface area contributed by atoms with Crippen LogP contribution in [0.2, 0.25) is 0 Å². The topological polar surface area (TPSA) is 26.1 Å². The van der Waals surface area contributed by atoms with Gasteiger partial charge < -0.3 is 19.3 Å². The van der Waals surface area contributed by atoms with Crippen LogP contribution in [0.3, 0.4) is 0 Å². The number of hydrogen-bond acceptors (Lipinski definition) is 3. The molecule has 2 aromatic carbocycles. The Balaban J connectivity index is 1.64. The van der Waals surface area contributed by atoms with Gasteiger partial charge in [-0.2, -0.15) is 0 Å². The van der Waals surface area contributed by atoms with Gasteiger partial charge in [-0.1, -0.05) is 28.1 Å². The molecular formula is C19H24BrN2O2+. The number of anilines is 1. The van der Waals surface area contributed by atoms with Crippen LogP contribution in [-0.4, -0.2) is 40.4 Å². The fourth-order valence-electron chi connectivity index (χ4n) is 3.29. The lowest BCUT2D eigenvalue weighted by Crippen LogP contribution is -3.13. The molecule has 128 valence electrons. The van der Waals surface area contributed by atoms with Crippen molar-refractivity contribution in [3.8, 4) is 11.5 Å². The molecule has 4 nitrogen and oxygen atoms in total. The first-order chi connectivity index (χ1) is 11.7. The molecule has 3 rings (SSSR count). The fourth-order valence-corrected chi connectivity index (χ4v) is 3.69. The Kier molecular flexibility index (Phi) is 5.63. The van der Waals surface area contributed by atoms with Crippen LogP contribution in [0, 0.1) is 0 Å². The summed E-state index contributed by atoms with van der Waals surface area (Å²) in [5.74, 6) is 1.92. The second kappa shape index (κ2) is 7.90. The molecule has 0 atom stereocenters. The Morgan fingerprint density at radius 1 is 1.00 bits per heavy atom. The summed E-state index contributed by atoms with van der Waals surface area (Å²) in [7, 11) is 3.47. The van der Waals surface area contributed by atoms with E-state index in [1.807, 2.05) is 24.3 Å². The molecule has 1 N–H and O–H groups in total. The quantitative estimate of drug-likeness (QED) is 0.847. The first-order valence-electron chi connectivity index (χ1n) is 8.25. The summed E-state index contributed by atoms with van der Waals surface area (Å²) >= 11 is 3.56. The average Bonchev–Trinajstić information content (AvgIpc) is 2.62. The molecule has 0 saturated carbocycles. The van der Waals surface area contributed by atoms with Crippen molar-refractivity contribution in [3.63, 3.8) is 0 Å². The zero-order valence-corrected chi connectivity index (χ0v) is 15.8. The summed E-state index contributed by atoms with van der Waals surface area (Å²) in [5, 5.41) is 0. The van der Waals surface area contributed by atoms with Crippen molar-refractivity contribution in [2.45, 2.75) is 6.54 Å². The van der Waals surface area contributed by atoms with E-state index in [1.165, 1.54) is 11.3 Å². The van der Waals surface area contributed by atoms with E-state index in [-0.39, 0.29) is 0 Å². The molecule has 5 heteroatoms. The van der Waals surface area contributed by atoms with Gasteiger partial charge in [0.15, 0.2) is 0 Å². The van der Waals surface area contributed by atoms with Crippen molar-refractivity contribution in [1.29, 1.82) is 0 Å². The molecule has 1 fully saturated rings. The first-order valence-corrected chi connectivity index (χ1v) is 9.04. The van der Waals surface area contributed by atoms with Crippen molar-refractivity contribution in [1.82, 2.24) is 0 Å². The molecule has 0 unspecified atom stereocenters. The van der Waals surface area contributed by atoms with Crippen LogP contribution in [0.1, 0.15) is 5.56 Å². The molecule has 0 amide bonds. The van der Waals surface area contributed by atoms with Gasteiger partial charge in [-0.3, -0.25) is 0 Å². The normalized spacial score (nSPS) is 15.4. The Hall–Kier alpha value is -1.72. The number of nitrogens with one attached hydrogen (secondary N) is 1. The summed E-state index contributed by atoms with van der Waals surface area (Å²) < 4.78 is 12.1. The Bertz CT molecular complexity index is 685. The highest BCUT2D eigenvalue weighted by Gasteiger charge is 2.23. The molecule has 1 heterocycles. The molecule has 0 aromatic heterocycles. The molecule has 0 bridgehead atoms. The van der Waals surface area contributed by atoms with Crippen LogP contribution < -0.4 is 19.3 Å². The molecular weight excluding hydrogens is 368 g/mol. The minimum absolute atomic E-state index is 0.953. The number of benzene rings is 2. The number of quaternary nitrogens is 1. The summed E-state index contributed by atoms with van der Waals surface area (Å²) in [6.45, 7) is 5.27. The Labute approximate surface area is 152 Å². The Morgan fingerprint density at radius 2 is 1.71 bits per heavy atom. The monoisotopic (exact) mass is 391 g/mol. The maximum Gasteiger partial charge on any atom is 0.142 e. The minimum atomic E-state index is 0.953. The molecule has 24 heavy (non-hydrogen) atoms. The van der Waals surface area contributed by atoms with Crippen molar-refractivity contribution in [2.75, 3.05) is 45.3 Å². The zero-order valence-electron chi connectivity index (χ0n) is 14.2. The summed E-state index contributed by atoms with van der Waals surface area (Å²) in [6, 6.07) is 14.5. The van der Waals surface area contributed by atoms with Crippen molar-refractivity contribution < 1.29 is 14.4 Å². The van der Waals surface area contributed by atoms with Gasteiger partial charge in [0.2, 0.25) is 0 Å². The maximum atomic E-state index is 5.50. The standard InChI is InChI=1S/C19H23BrN2O2/c1-23-18-8-7-16(20)13-15(18)14-21-9-11-22(12-10-21)17-5-3-4-6-19(17)24-2/h3-8,13H,9-12,14H2,1-2H3/p+1. The number of piperazine rings is 1. The first kappa shape index (κ1) is 17.1. The van der Waals surface area contributed by atoms with E-state index < -0.39 is 0 Å². The maximum absolute atomic E-state index is 5.50. The fraction of sp³-hybridized carbons (Fsp3) is 0.368. The second-order valence-corrected chi connectivity index (χ2v) is 6.96. The smallest absolute Gasteiger partial charge is 0.142 e. The van der Waals surface area contributed by atoms with E-state index in [2.05, 4.69) is 39.0 Å². The number of rotatable bonds is 5. The SMILES string of the molecule is COc1ccc(Br)cc1C[NH+]1CCN(c2ccccc2OC)CC1. The van der Waals surface area contributed by atoms with Gasteiger partial charge in [0, 0.05) is 10.0 Å². The highest BCUT2D eigenvalue weighted by molar-refractivity contribution is 9.10. The predicted molar refractivity (Wildman–Crippen MR) is 100 cm³/mol. The van der Waals surface area contributed by atoms with E-state index in [0.29, 0.717) is 0 Å². The number of methoxy groups -OCH3 is 2. The van der Waals surface area contributed by atoms with Gasteiger partial charge in [-0.15, -0.1) is 0 Å². The molecule has 1 aliphatic rings. The molecule has 2 aromatic rings. The van der Waals surface area contributed by atoms with Crippen LogP contribution in [0.5, 0.6) is 11.5 Å². The highest BCUT2D eigenvalue weighted by atomic mass is 79.9. The largest absolute Gasteiger partial charge is 0.496 e.